The summed E-state index contributed by atoms with van der Waals surface area (Å²) in [5.74, 6) is 0.896. The Kier molecular flexibility index (Phi) is 5.30. The molecule has 0 spiro atoms. The third kappa shape index (κ3) is 4.23. The van der Waals surface area contributed by atoms with Crippen LogP contribution in [0.5, 0.6) is 5.75 Å². The maximum absolute atomic E-state index is 5.79. The smallest absolute Gasteiger partial charge is 0.142 e. The molecule has 1 aromatic carbocycles. The molecule has 1 N–H and O–H groups in total. The van der Waals surface area contributed by atoms with Crippen molar-refractivity contribution in [2.75, 3.05) is 5.32 Å². The van der Waals surface area contributed by atoms with E-state index in [2.05, 4.69) is 43.2 Å². The highest BCUT2D eigenvalue weighted by Gasteiger charge is 2.07. The van der Waals surface area contributed by atoms with E-state index in [1.165, 1.54) is 4.88 Å². The van der Waals surface area contributed by atoms with E-state index in [9.17, 15) is 0 Å². The number of thiophene rings is 1. The predicted octanol–water partition coefficient (Wildman–Crippen LogP) is 5.67. The number of rotatable bonds is 5. The number of hydrogen-bond donors (Lipinski definition) is 1. The summed E-state index contributed by atoms with van der Waals surface area (Å²) in [7, 11) is 0. The highest BCUT2D eigenvalue weighted by Crippen LogP contribution is 2.33. The molecular formula is C14H15Br2NOS. The average molecular weight is 405 g/mol. The first-order valence-corrected chi connectivity index (χ1v) is 8.40. The minimum absolute atomic E-state index is 0.174. The van der Waals surface area contributed by atoms with Crippen LogP contribution in [0.1, 0.15) is 18.7 Å². The summed E-state index contributed by atoms with van der Waals surface area (Å²) in [6.45, 7) is 4.85. The van der Waals surface area contributed by atoms with Gasteiger partial charge in [0.25, 0.3) is 0 Å². The van der Waals surface area contributed by atoms with Crippen LogP contribution < -0.4 is 10.1 Å². The largest absolute Gasteiger partial charge is 0.489 e. The van der Waals surface area contributed by atoms with Gasteiger partial charge >= 0.3 is 0 Å². The van der Waals surface area contributed by atoms with Gasteiger partial charge in [-0.2, -0.15) is 0 Å². The van der Waals surface area contributed by atoms with Gasteiger partial charge in [-0.25, -0.2) is 0 Å². The molecule has 0 bridgehead atoms. The molecule has 19 heavy (non-hydrogen) atoms. The SMILES string of the molecule is CC(C)Oc1ccccc1NCc1cc(Br)c(Br)s1. The van der Waals surface area contributed by atoms with Crippen LogP contribution >= 0.6 is 43.2 Å². The van der Waals surface area contributed by atoms with Crippen molar-refractivity contribution in [3.63, 3.8) is 0 Å². The van der Waals surface area contributed by atoms with Gasteiger partial charge in [0.05, 0.1) is 15.6 Å². The Morgan fingerprint density at radius 3 is 2.63 bits per heavy atom. The van der Waals surface area contributed by atoms with E-state index in [1.54, 1.807) is 11.3 Å². The molecule has 0 saturated carbocycles. The van der Waals surface area contributed by atoms with Gasteiger partial charge in [0.2, 0.25) is 0 Å². The summed E-state index contributed by atoms with van der Waals surface area (Å²) >= 11 is 8.73. The van der Waals surface area contributed by atoms with Crippen molar-refractivity contribution in [2.45, 2.75) is 26.5 Å². The average Bonchev–Trinajstić information content (AvgIpc) is 2.67. The van der Waals surface area contributed by atoms with E-state index < -0.39 is 0 Å². The third-order valence-electron chi connectivity index (χ3n) is 2.40. The first kappa shape index (κ1) is 14.9. The van der Waals surface area contributed by atoms with Crippen LogP contribution in [-0.4, -0.2) is 6.10 Å². The lowest BCUT2D eigenvalue weighted by molar-refractivity contribution is 0.243. The monoisotopic (exact) mass is 403 g/mol. The van der Waals surface area contributed by atoms with Gasteiger partial charge in [0, 0.05) is 15.9 Å². The van der Waals surface area contributed by atoms with Crippen LogP contribution in [0, 0.1) is 0 Å². The van der Waals surface area contributed by atoms with Gasteiger partial charge in [-0.3, -0.25) is 0 Å². The van der Waals surface area contributed by atoms with E-state index in [0.717, 1.165) is 26.2 Å². The van der Waals surface area contributed by atoms with Crippen LogP contribution in [-0.2, 0) is 6.54 Å². The molecule has 0 amide bonds. The Morgan fingerprint density at radius 1 is 1.26 bits per heavy atom. The third-order valence-corrected chi connectivity index (χ3v) is 5.66. The molecule has 2 aromatic rings. The summed E-state index contributed by atoms with van der Waals surface area (Å²) in [6, 6.07) is 10.1. The zero-order chi connectivity index (χ0) is 13.8. The quantitative estimate of drug-likeness (QED) is 0.692. The molecule has 1 heterocycles. The molecule has 0 unspecified atom stereocenters. The van der Waals surface area contributed by atoms with Crippen molar-refractivity contribution in [3.05, 3.63) is 43.5 Å². The van der Waals surface area contributed by atoms with E-state index >= 15 is 0 Å². The molecule has 0 aliphatic heterocycles. The van der Waals surface area contributed by atoms with Gasteiger partial charge in [-0.1, -0.05) is 12.1 Å². The van der Waals surface area contributed by atoms with E-state index in [1.807, 2.05) is 38.1 Å². The topological polar surface area (TPSA) is 21.3 Å². The van der Waals surface area contributed by atoms with Crippen LogP contribution in [0.3, 0.4) is 0 Å². The zero-order valence-electron chi connectivity index (χ0n) is 10.7. The summed E-state index contributed by atoms with van der Waals surface area (Å²) in [4.78, 5) is 1.26. The number of hydrogen-bond acceptors (Lipinski definition) is 3. The van der Waals surface area contributed by atoms with Crippen molar-refractivity contribution in [2.24, 2.45) is 0 Å². The molecule has 0 saturated heterocycles. The molecule has 5 heteroatoms. The van der Waals surface area contributed by atoms with Crippen molar-refractivity contribution in [1.82, 2.24) is 0 Å². The molecule has 0 atom stereocenters. The first-order chi connectivity index (χ1) is 9.06. The number of para-hydroxylation sites is 2. The summed E-state index contributed by atoms with van der Waals surface area (Å²) < 4.78 is 8.00. The number of ether oxygens (including phenoxy) is 1. The summed E-state index contributed by atoms with van der Waals surface area (Å²) in [6.07, 6.45) is 0.174. The molecule has 0 radical (unpaired) electrons. The van der Waals surface area contributed by atoms with Crippen LogP contribution in [0.15, 0.2) is 38.6 Å². The Morgan fingerprint density at radius 2 is 2.00 bits per heavy atom. The normalized spacial score (nSPS) is 10.8. The maximum Gasteiger partial charge on any atom is 0.142 e. The van der Waals surface area contributed by atoms with Crippen molar-refractivity contribution in [1.29, 1.82) is 0 Å². The van der Waals surface area contributed by atoms with Gasteiger partial charge < -0.3 is 10.1 Å². The zero-order valence-corrected chi connectivity index (χ0v) is 14.7. The Hall–Kier alpha value is -0.520. The van der Waals surface area contributed by atoms with Crippen LogP contribution in [0.4, 0.5) is 5.69 Å². The number of halogens is 2. The standard InChI is InChI=1S/C14H15Br2NOS/c1-9(2)18-13-6-4-3-5-12(13)17-8-10-7-11(15)14(16)19-10/h3-7,9,17H,8H2,1-2H3. The highest BCUT2D eigenvalue weighted by atomic mass is 79.9. The number of benzene rings is 1. The maximum atomic E-state index is 5.79. The van der Waals surface area contributed by atoms with Crippen molar-refractivity contribution < 1.29 is 4.74 Å². The first-order valence-electron chi connectivity index (χ1n) is 5.99. The fraction of sp³-hybridized carbons (Fsp3) is 0.286. The predicted molar refractivity (Wildman–Crippen MR) is 89.3 cm³/mol. The van der Waals surface area contributed by atoms with Crippen LogP contribution in [0.2, 0.25) is 0 Å². The van der Waals surface area contributed by atoms with E-state index in [-0.39, 0.29) is 6.10 Å². The van der Waals surface area contributed by atoms with E-state index in [0.29, 0.717) is 0 Å². The minimum atomic E-state index is 0.174. The lowest BCUT2D eigenvalue weighted by Gasteiger charge is -2.15. The van der Waals surface area contributed by atoms with Crippen molar-refractivity contribution in [3.8, 4) is 5.75 Å². The molecule has 1 aromatic heterocycles. The Labute approximate surface area is 134 Å². The summed E-state index contributed by atoms with van der Waals surface area (Å²) in [5.41, 5.74) is 1.02. The van der Waals surface area contributed by atoms with Crippen molar-refractivity contribution >= 4 is 48.9 Å². The number of nitrogens with one attached hydrogen (secondary N) is 1. The van der Waals surface area contributed by atoms with Crippen LogP contribution in [0.25, 0.3) is 0 Å². The second-order valence-corrected chi connectivity index (χ2v) is 7.66. The molecule has 2 rings (SSSR count). The van der Waals surface area contributed by atoms with Gasteiger partial charge in [-0.15, -0.1) is 11.3 Å². The Bertz CT molecular complexity index is 535. The molecule has 102 valence electrons. The second-order valence-electron chi connectivity index (χ2n) is 4.35. The fourth-order valence-corrected chi connectivity index (χ4v) is 3.75. The molecule has 0 fully saturated rings. The number of anilines is 1. The molecule has 0 aliphatic carbocycles. The minimum Gasteiger partial charge on any atom is -0.489 e. The fourth-order valence-electron chi connectivity index (χ4n) is 1.63. The molecule has 2 nitrogen and oxygen atoms in total. The van der Waals surface area contributed by atoms with Gasteiger partial charge in [0.1, 0.15) is 5.75 Å². The summed E-state index contributed by atoms with van der Waals surface area (Å²) in [5, 5.41) is 3.42. The van der Waals surface area contributed by atoms with Gasteiger partial charge in [-0.05, 0) is 63.9 Å². The molecule has 0 aliphatic rings. The molecular weight excluding hydrogens is 390 g/mol. The van der Waals surface area contributed by atoms with E-state index in [4.69, 9.17) is 4.74 Å². The lowest BCUT2D eigenvalue weighted by atomic mass is 10.3. The van der Waals surface area contributed by atoms with Gasteiger partial charge in [0.15, 0.2) is 0 Å². The second kappa shape index (κ2) is 6.77. The highest BCUT2D eigenvalue weighted by molar-refractivity contribution is 9.13. The lowest BCUT2D eigenvalue weighted by Crippen LogP contribution is -2.08. The Balaban J connectivity index is 2.06.